The zero-order chi connectivity index (χ0) is 28.6. The lowest BCUT2D eigenvalue weighted by molar-refractivity contribution is -0.385. The number of fused-ring (bicyclic) bond motifs is 1. The number of nitrogens with zero attached hydrogens (tertiary/aromatic N) is 3. The fraction of sp³-hybridized carbons (Fsp3) is 0.240. The van der Waals surface area contributed by atoms with Gasteiger partial charge in [-0.05, 0) is 53.5 Å². The summed E-state index contributed by atoms with van der Waals surface area (Å²) in [6, 6.07) is 4.70. The molecule has 2 aromatic carbocycles. The maximum Gasteiger partial charge on any atom is 0.338 e. The quantitative estimate of drug-likeness (QED) is 0.224. The molecule has 4 rings (SSSR count). The van der Waals surface area contributed by atoms with E-state index in [1.165, 1.54) is 24.9 Å². The number of aromatic nitrogens is 1. The number of halogens is 2. The molecular formula is C25H21Br2N3O8S. The molecule has 1 aliphatic rings. The number of carbonyl (C=O) groups is 1. The molecule has 11 nitrogen and oxygen atoms in total. The molecule has 3 aromatic rings. The lowest BCUT2D eigenvalue weighted by atomic mass is 9.95. The van der Waals surface area contributed by atoms with Crippen molar-refractivity contribution in [1.82, 2.24) is 4.57 Å². The van der Waals surface area contributed by atoms with Gasteiger partial charge in [-0.3, -0.25) is 19.5 Å². The van der Waals surface area contributed by atoms with Crippen molar-refractivity contribution < 1.29 is 29.0 Å². The van der Waals surface area contributed by atoms with E-state index < -0.39 is 22.5 Å². The van der Waals surface area contributed by atoms with Gasteiger partial charge in [0.15, 0.2) is 16.3 Å². The van der Waals surface area contributed by atoms with Crippen molar-refractivity contribution in [2.75, 3.05) is 20.8 Å². The highest BCUT2D eigenvalue weighted by Gasteiger charge is 2.35. The Morgan fingerprint density at radius 1 is 1.21 bits per heavy atom. The minimum Gasteiger partial charge on any atom is -0.506 e. The highest BCUT2D eigenvalue weighted by atomic mass is 79.9. The normalized spacial score (nSPS) is 15.0. The largest absolute Gasteiger partial charge is 0.506 e. The highest BCUT2D eigenvalue weighted by Crippen LogP contribution is 2.41. The Bertz CT molecular complexity index is 1730. The van der Waals surface area contributed by atoms with Gasteiger partial charge < -0.3 is 19.3 Å². The Kier molecular flexibility index (Phi) is 8.28. The third kappa shape index (κ3) is 5.23. The summed E-state index contributed by atoms with van der Waals surface area (Å²) in [4.78, 5) is 42.5. The van der Waals surface area contributed by atoms with Crippen molar-refractivity contribution in [3.63, 3.8) is 0 Å². The number of ether oxygens (including phenoxy) is 3. The number of methoxy groups -OCH3 is 2. The van der Waals surface area contributed by atoms with Crippen LogP contribution in [0.4, 0.5) is 5.69 Å². The number of hydrogen-bond donors (Lipinski definition) is 1. The number of nitro benzene ring substituents is 1. The molecule has 0 fully saturated rings. The van der Waals surface area contributed by atoms with Gasteiger partial charge in [0.05, 0.1) is 52.1 Å². The number of allylic oxidation sites excluding steroid dienone is 1. The number of nitro groups is 1. The smallest absolute Gasteiger partial charge is 0.338 e. The first-order chi connectivity index (χ1) is 18.5. The second kappa shape index (κ2) is 11.3. The fourth-order valence-electron chi connectivity index (χ4n) is 4.13. The maximum atomic E-state index is 13.8. The molecule has 0 bridgehead atoms. The zero-order valence-corrected chi connectivity index (χ0v) is 25.0. The minimum absolute atomic E-state index is 0.0616. The molecule has 1 atom stereocenters. The van der Waals surface area contributed by atoms with Gasteiger partial charge in [0.2, 0.25) is 0 Å². The number of benzene rings is 2. The Balaban J connectivity index is 2.04. The second-order valence-electron chi connectivity index (χ2n) is 8.15. The third-order valence-corrected chi connectivity index (χ3v) is 8.16. The summed E-state index contributed by atoms with van der Waals surface area (Å²) < 4.78 is 18.3. The number of non-ortho nitro benzene ring substituents is 1. The molecule has 1 aliphatic heterocycles. The van der Waals surface area contributed by atoms with Gasteiger partial charge in [-0.2, -0.15) is 0 Å². The van der Waals surface area contributed by atoms with Crippen molar-refractivity contribution in [2.24, 2.45) is 4.99 Å². The molecule has 1 N–H and O–H groups in total. The summed E-state index contributed by atoms with van der Waals surface area (Å²) in [5.41, 5.74) is 0.289. The Hall–Kier alpha value is -3.49. The summed E-state index contributed by atoms with van der Waals surface area (Å²) in [5.74, 6) is -0.0957. The first kappa shape index (κ1) is 28.5. The van der Waals surface area contributed by atoms with Crippen molar-refractivity contribution >= 4 is 60.9 Å². The average molecular weight is 683 g/mol. The van der Waals surface area contributed by atoms with Gasteiger partial charge in [0, 0.05) is 22.2 Å². The molecular weight excluding hydrogens is 662 g/mol. The maximum absolute atomic E-state index is 13.8. The average Bonchev–Trinajstić information content (AvgIpc) is 3.19. The molecule has 39 heavy (non-hydrogen) atoms. The molecule has 0 spiro atoms. The number of hydrogen-bond acceptors (Lipinski definition) is 10. The van der Waals surface area contributed by atoms with Crippen LogP contribution >= 0.6 is 43.2 Å². The van der Waals surface area contributed by atoms with Crippen LogP contribution < -0.4 is 24.4 Å². The molecule has 0 unspecified atom stereocenters. The Morgan fingerprint density at radius 2 is 1.87 bits per heavy atom. The third-order valence-electron chi connectivity index (χ3n) is 5.89. The Morgan fingerprint density at radius 3 is 2.49 bits per heavy atom. The first-order valence-electron chi connectivity index (χ1n) is 11.3. The van der Waals surface area contributed by atoms with Crippen molar-refractivity contribution in [3.05, 3.63) is 85.4 Å². The van der Waals surface area contributed by atoms with E-state index in [1.807, 2.05) is 0 Å². The van der Waals surface area contributed by atoms with E-state index in [0.717, 1.165) is 23.5 Å². The van der Waals surface area contributed by atoms with Crippen LogP contribution in [0, 0.1) is 10.1 Å². The second-order valence-corrected chi connectivity index (χ2v) is 10.9. The van der Waals surface area contributed by atoms with E-state index >= 15 is 0 Å². The predicted octanol–water partition coefficient (Wildman–Crippen LogP) is 3.95. The van der Waals surface area contributed by atoms with Crippen LogP contribution in [0.15, 0.2) is 54.3 Å². The van der Waals surface area contributed by atoms with Crippen molar-refractivity contribution in [2.45, 2.75) is 19.9 Å². The van der Waals surface area contributed by atoms with E-state index in [1.54, 1.807) is 26.0 Å². The van der Waals surface area contributed by atoms with Crippen molar-refractivity contribution in [3.8, 4) is 17.2 Å². The standard InChI is InChI=1S/C25H21Br2N3O8S/c1-5-38-24(33)20-11(2)28-25-29(21(20)14-9-17(36-3)18(37-4)10-15(14)26)23(32)19(39-25)7-12-6-13(30(34)35)8-16(27)22(12)31/h6-10,21,31H,5H2,1-4H3/b19-7-/t21-/m1/s1. The molecule has 0 aliphatic carbocycles. The predicted molar refractivity (Wildman–Crippen MR) is 150 cm³/mol. The van der Waals surface area contributed by atoms with Crippen LogP contribution in [0.5, 0.6) is 17.2 Å². The summed E-state index contributed by atoms with van der Waals surface area (Å²) >= 11 is 7.66. The van der Waals surface area contributed by atoms with Crippen LogP contribution in [-0.2, 0) is 9.53 Å². The lowest BCUT2D eigenvalue weighted by Gasteiger charge is -2.26. The van der Waals surface area contributed by atoms with Gasteiger partial charge in [0.25, 0.3) is 11.2 Å². The SMILES string of the molecule is CCOC(=O)C1=C(C)N=c2s/c(=C\c3cc([N+](=O)[O-])cc(Br)c3O)c(=O)n2[C@@H]1c1cc(OC)c(OC)cc1Br. The number of phenols is 1. The lowest BCUT2D eigenvalue weighted by Crippen LogP contribution is -2.40. The molecule has 204 valence electrons. The summed E-state index contributed by atoms with van der Waals surface area (Å²) in [6.45, 7) is 3.43. The molecule has 0 saturated heterocycles. The van der Waals surface area contributed by atoms with Crippen LogP contribution in [0.1, 0.15) is 31.0 Å². The summed E-state index contributed by atoms with van der Waals surface area (Å²) in [6.07, 6.45) is 1.35. The fourth-order valence-corrected chi connectivity index (χ4v) is 6.17. The summed E-state index contributed by atoms with van der Waals surface area (Å²) in [5, 5.41) is 21.9. The van der Waals surface area contributed by atoms with E-state index in [2.05, 4.69) is 36.9 Å². The summed E-state index contributed by atoms with van der Waals surface area (Å²) in [7, 11) is 2.96. The molecule has 0 saturated carbocycles. The van der Waals surface area contributed by atoms with Gasteiger partial charge >= 0.3 is 5.97 Å². The van der Waals surface area contributed by atoms with Gasteiger partial charge in [-0.25, -0.2) is 9.79 Å². The van der Waals surface area contributed by atoms with Crippen LogP contribution in [0.25, 0.3) is 6.08 Å². The van der Waals surface area contributed by atoms with Crippen LogP contribution in [0.3, 0.4) is 0 Å². The monoisotopic (exact) mass is 681 g/mol. The van der Waals surface area contributed by atoms with Crippen LogP contribution in [0.2, 0.25) is 0 Å². The van der Waals surface area contributed by atoms with E-state index in [0.29, 0.717) is 27.2 Å². The number of rotatable bonds is 7. The number of carbonyl (C=O) groups excluding carboxylic acids is 1. The number of esters is 1. The number of aromatic hydroxyl groups is 1. The number of thiazole rings is 1. The van der Waals surface area contributed by atoms with Gasteiger partial charge in [-0.15, -0.1) is 0 Å². The van der Waals surface area contributed by atoms with Crippen LogP contribution in [-0.4, -0.2) is 41.4 Å². The first-order valence-corrected chi connectivity index (χ1v) is 13.7. The molecule has 14 heteroatoms. The van der Waals surface area contributed by atoms with E-state index in [-0.39, 0.29) is 43.0 Å². The molecule has 0 radical (unpaired) electrons. The van der Waals surface area contributed by atoms with Gasteiger partial charge in [0.1, 0.15) is 5.75 Å². The minimum atomic E-state index is -0.956. The molecule has 2 heterocycles. The van der Waals surface area contributed by atoms with E-state index in [4.69, 9.17) is 14.2 Å². The number of phenolic OH excluding ortho intramolecular Hbond substituents is 1. The topological polar surface area (TPSA) is 142 Å². The molecule has 0 amide bonds. The highest BCUT2D eigenvalue weighted by molar-refractivity contribution is 9.10. The zero-order valence-electron chi connectivity index (χ0n) is 21.0. The van der Waals surface area contributed by atoms with E-state index in [9.17, 15) is 24.8 Å². The molecule has 1 aromatic heterocycles. The Labute approximate surface area is 242 Å². The van der Waals surface area contributed by atoms with Crippen molar-refractivity contribution in [1.29, 1.82) is 0 Å². The van der Waals surface area contributed by atoms with Gasteiger partial charge in [-0.1, -0.05) is 27.3 Å².